The Morgan fingerprint density at radius 2 is 1.86 bits per heavy atom. The van der Waals surface area contributed by atoms with Gasteiger partial charge in [0.25, 0.3) is 5.91 Å². The standard InChI is InChI=1S/C15H23FN4O/c1-4-17-15(18-5-2)20-9-8-19-14(21)12-7-6-11(3)13(16)10-12/h6-7,10H,4-5,8-9H2,1-3H3,(H,19,21)(H2,17,18,20). The van der Waals surface area contributed by atoms with E-state index in [0.717, 1.165) is 19.0 Å². The summed E-state index contributed by atoms with van der Waals surface area (Å²) in [5.74, 6) is 0.0513. The lowest BCUT2D eigenvalue weighted by Gasteiger charge is -2.09. The van der Waals surface area contributed by atoms with Crippen LogP contribution in [0.1, 0.15) is 29.8 Å². The van der Waals surface area contributed by atoms with Gasteiger partial charge >= 0.3 is 0 Å². The number of hydrogen-bond donors (Lipinski definition) is 3. The minimum atomic E-state index is -0.373. The average Bonchev–Trinajstić information content (AvgIpc) is 2.46. The molecule has 0 saturated carbocycles. The van der Waals surface area contributed by atoms with E-state index in [1.165, 1.54) is 6.07 Å². The second-order valence-corrected chi connectivity index (χ2v) is 4.51. The van der Waals surface area contributed by atoms with Crippen molar-refractivity contribution in [1.29, 1.82) is 0 Å². The summed E-state index contributed by atoms with van der Waals surface area (Å²) >= 11 is 0. The van der Waals surface area contributed by atoms with Crippen molar-refractivity contribution in [3.05, 3.63) is 35.1 Å². The molecular formula is C15H23FN4O. The molecule has 21 heavy (non-hydrogen) atoms. The van der Waals surface area contributed by atoms with Gasteiger partial charge < -0.3 is 16.0 Å². The highest BCUT2D eigenvalue weighted by Gasteiger charge is 2.07. The SMILES string of the molecule is CCNC(=NCCNC(=O)c1ccc(C)c(F)c1)NCC. The Hall–Kier alpha value is -2.11. The van der Waals surface area contributed by atoms with Gasteiger partial charge in [-0.2, -0.15) is 0 Å². The van der Waals surface area contributed by atoms with Crippen LogP contribution in [0.4, 0.5) is 4.39 Å². The fourth-order valence-electron chi connectivity index (χ4n) is 1.68. The number of benzene rings is 1. The number of nitrogens with zero attached hydrogens (tertiary/aromatic N) is 1. The third-order valence-electron chi connectivity index (χ3n) is 2.79. The summed E-state index contributed by atoms with van der Waals surface area (Å²) in [6, 6.07) is 4.45. The van der Waals surface area contributed by atoms with E-state index >= 15 is 0 Å². The predicted octanol–water partition coefficient (Wildman–Crippen LogP) is 1.44. The van der Waals surface area contributed by atoms with Crippen molar-refractivity contribution < 1.29 is 9.18 Å². The first kappa shape index (κ1) is 16.9. The normalized spacial score (nSPS) is 9.90. The molecule has 0 aliphatic rings. The van der Waals surface area contributed by atoms with Crippen LogP contribution in [0.25, 0.3) is 0 Å². The van der Waals surface area contributed by atoms with Gasteiger partial charge in [0.1, 0.15) is 5.82 Å². The summed E-state index contributed by atoms with van der Waals surface area (Å²) in [4.78, 5) is 16.2. The third kappa shape index (κ3) is 5.81. The van der Waals surface area contributed by atoms with Gasteiger partial charge in [0, 0.05) is 25.2 Å². The number of aryl methyl sites for hydroxylation is 1. The second-order valence-electron chi connectivity index (χ2n) is 4.51. The molecule has 6 heteroatoms. The Morgan fingerprint density at radius 1 is 1.19 bits per heavy atom. The maximum absolute atomic E-state index is 13.4. The van der Waals surface area contributed by atoms with E-state index in [0.29, 0.717) is 24.2 Å². The first-order valence-corrected chi connectivity index (χ1v) is 7.15. The molecule has 0 aliphatic heterocycles. The molecule has 0 atom stereocenters. The van der Waals surface area contributed by atoms with E-state index in [2.05, 4.69) is 20.9 Å². The molecule has 0 aliphatic carbocycles. The highest BCUT2D eigenvalue weighted by atomic mass is 19.1. The highest BCUT2D eigenvalue weighted by Crippen LogP contribution is 2.08. The molecule has 1 rings (SSSR count). The van der Waals surface area contributed by atoms with Crippen LogP contribution in [0.5, 0.6) is 0 Å². The Bertz CT molecular complexity index is 494. The number of nitrogens with one attached hydrogen (secondary N) is 3. The molecule has 1 aromatic rings. The third-order valence-corrected chi connectivity index (χ3v) is 2.79. The molecule has 0 spiro atoms. The zero-order chi connectivity index (χ0) is 15.7. The van der Waals surface area contributed by atoms with Crippen molar-refractivity contribution in [1.82, 2.24) is 16.0 Å². The summed E-state index contributed by atoms with van der Waals surface area (Å²) in [6.07, 6.45) is 0. The van der Waals surface area contributed by atoms with Gasteiger partial charge in [0.05, 0.1) is 6.54 Å². The average molecular weight is 294 g/mol. The van der Waals surface area contributed by atoms with Crippen molar-refractivity contribution in [3.8, 4) is 0 Å². The number of carbonyl (C=O) groups excluding carboxylic acids is 1. The van der Waals surface area contributed by atoms with Crippen molar-refractivity contribution >= 4 is 11.9 Å². The molecule has 0 fully saturated rings. The van der Waals surface area contributed by atoms with Crippen molar-refractivity contribution in [2.45, 2.75) is 20.8 Å². The molecule has 0 bridgehead atoms. The Morgan fingerprint density at radius 3 is 2.43 bits per heavy atom. The van der Waals surface area contributed by atoms with Gasteiger partial charge in [-0.3, -0.25) is 9.79 Å². The molecule has 0 heterocycles. The zero-order valence-corrected chi connectivity index (χ0v) is 12.8. The van der Waals surface area contributed by atoms with Gasteiger partial charge in [0.15, 0.2) is 5.96 Å². The maximum atomic E-state index is 13.4. The predicted molar refractivity (Wildman–Crippen MR) is 83.1 cm³/mol. The summed E-state index contributed by atoms with van der Waals surface area (Å²) < 4.78 is 13.4. The number of halogens is 1. The first-order valence-electron chi connectivity index (χ1n) is 7.15. The first-order chi connectivity index (χ1) is 10.1. The minimum Gasteiger partial charge on any atom is -0.357 e. The Kier molecular flexibility index (Phi) is 7.21. The van der Waals surface area contributed by atoms with E-state index in [1.54, 1.807) is 19.1 Å². The molecule has 0 radical (unpaired) electrons. The molecule has 0 saturated heterocycles. The quantitative estimate of drug-likeness (QED) is 0.422. The molecule has 0 unspecified atom stereocenters. The van der Waals surface area contributed by atoms with Gasteiger partial charge in [0.2, 0.25) is 0 Å². The second kappa shape index (κ2) is 8.94. The van der Waals surface area contributed by atoms with Crippen molar-refractivity contribution in [3.63, 3.8) is 0 Å². The van der Waals surface area contributed by atoms with Crippen LogP contribution in [0.15, 0.2) is 23.2 Å². The van der Waals surface area contributed by atoms with E-state index < -0.39 is 0 Å². The molecule has 1 aromatic carbocycles. The number of guanidine groups is 1. The molecule has 1 amide bonds. The number of hydrogen-bond acceptors (Lipinski definition) is 2. The lowest BCUT2D eigenvalue weighted by atomic mass is 10.1. The number of amides is 1. The molecule has 116 valence electrons. The van der Waals surface area contributed by atoms with Gasteiger partial charge in [-0.05, 0) is 38.5 Å². The molecule has 0 aromatic heterocycles. The van der Waals surface area contributed by atoms with E-state index in [9.17, 15) is 9.18 Å². The topological polar surface area (TPSA) is 65.5 Å². The minimum absolute atomic E-state index is 0.294. The van der Waals surface area contributed by atoms with Gasteiger partial charge in [-0.15, -0.1) is 0 Å². The lowest BCUT2D eigenvalue weighted by Crippen LogP contribution is -2.37. The zero-order valence-electron chi connectivity index (χ0n) is 12.8. The fourth-order valence-corrected chi connectivity index (χ4v) is 1.68. The maximum Gasteiger partial charge on any atom is 0.251 e. The largest absolute Gasteiger partial charge is 0.357 e. The van der Waals surface area contributed by atoms with Crippen molar-refractivity contribution in [2.24, 2.45) is 4.99 Å². The number of rotatable bonds is 6. The van der Waals surface area contributed by atoms with E-state index in [4.69, 9.17) is 0 Å². The van der Waals surface area contributed by atoms with Crippen LogP contribution in [0.3, 0.4) is 0 Å². The van der Waals surface area contributed by atoms with E-state index in [-0.39, 0.29) is 11.7 Å². The van der Waals surface area contributed by atoms with Crippen LogP contribution >= 0.6 is 0 Å². The fraction of sp³-hybridized carbons (Fsp3) is 0.467. The van der Waals surface area contributed by atoms with Crippen LogP contribution in [-0.4, -0.2) is 38.0 Å². The summed E-state index contributed by atoms with van der Waals surface area (Å²) in [6.45, 7) is 8.04. The van der Waals surface area contributed by atoms with Crippen LogP contribution < -0.4 is 16.0 Å². The monoisotopic (exact) mass is 294 g/mol. The van der Waals surface area contributed by atoms with Crippen LogP contribution in [0, 0.1) is 12.7 Å². The number of aliphatic imine (C=N–C) groups is 1. The van der Waals surface area contributed by atoms with Crippen molar-refractivity contribution in [2.75, 3.05) is 26.2 Å². The van der Waals surface area contributed by atoms with Gasteiger partial charge in [-0.25, -0.2) is 4.39 Å². The summed E-state index contributed by atoms with van der Waals surface area (Å²) in [7, 11) is 0. The van der Waals surface area contributed by atoms with Gasteiger partial charge in [-0.1, -0.05) is 6.07 Å². The summed E-state index contributed by atoms with van der Waals surface area (Å²) in [5, 5.41) is 8.90. The Labute approximate surface area is 125 Å². The molecule has 5 nitrogen and oxygen atoms in total. The molecular weight excluding hydrogens is 271 g/mol. The number of carbonyl (C=O) groups is 1. The van der Waals surface area contributed by atoms with E-state index in [1.807, 2.05) is 13.8 Å². The van der Waals surface area contributed by atoms with Crippen LogP contribution in [0.2, 0.25) is 0 Å². The molecule has 3 N–H and O–H groups in total. The smallest absolute Gasteiger partial charge is 0.251 e. The summed E-state index contributed by atoms with van der Waals surface area (Å²) in [5.41, 5.74) is 0.845. The van der Waals surface area contributed by atoms with Crippen LogP contribution in [-0.2, 0) is 0 Å². The lowest BCUT2D eigenvalue weighted by molar-refractivity contribution is 0.0954. The highest BCUT2D eigenvalue weighted by molar-refractivity contribution is 5.94. The Balaban J connectivity index is 2.45.